The summed E-state index contributed by atoms with van der Waals surface area (Å²) in [5, 5.41) is 2.94. The number of carbonyl (C=O) groups excluding carboxylic acids is 1. The molecule has 1 N–H and O–H groups in total. The molecule has 0 unspecified atom stereocenters. The molecular weight excluding hydrogens is 114 g/mol. The number of nitrogens with one attached hydrogen (secondary N) is 1. The van der Waals surface area contributed by atoms with Crippen LogP contribution in [0, 0.1) is 0 Å². The molecule has 0 bridgehead atoms. The predicted molar refractivity (Wildman–Crippen MR) is 38.4 cm³/mol. The Kier molecular flexibility index (Phi) is 5.12. The summed E-state index contributed by atoms with van der Waals surface area (Å²) in [6.45, 7) is 6.76. The lowest BCUT2D eigenvalue weighted by molar-refractivity contribution is -0.117. The van der Waals surface area contributed by atoms with Gasteiger partial charge in [0.2, 0.25) is 0 Å². The second-order valence-electron chi connectivity index (χ2n) is 1.81. The average Bonchev–Trinajstić information content (AvgIpc) is 1.85. The Labute approximate surface area is 56.0 Å². The van der Waals surface area contributed by atoms with Gasteiger partial charge in [-0.15, -0.1) is 6.58 Å². The number of ketones is 1. The van der Waals surface area contributed by atoms with Crippen LogP contribution in [-0.2, 0) is 4.79 Å². The number of likely N-dealkylation sites (N-methyl/N-ethyl adjacent to an activating group) is 1. The largest absolute Gasteiger partial charge is 0.310 e. The molecule has 0 aromatic rings. The third kappa shape index (κ3) is 5.24. The third-order valence-electron chi connectivity index (χ3n) is 0.944. The molecule has 0 saturated heterocycles. The maximum atomic E-state index is 10.7. The quantitative estimate of drug-likeness (QED) is 0.552. The molecule has 0 rings (SSSR count). The highest BCUT2D eigenvalue weighted by Gasteiger charge is 1.94. The van der Waals surface area contributed by atoms with Gasteiger partial charge in [-0.3, -0.25) is 4.79 Å². The van der Waals surface area contributed by atoms with E-state index in [1.54, 1.807) is 6.08 Å². The Morgan fingerprint density at radius 1 is 1.78 bits per heavy atom. The maximum absolute atomic E-state index is 10.7. The van der Waals surface area contributed by atoms with Crippen LogP contribution in [0.2, 0.25) is 0 Å². The first kappa shape index (κ1) is 8.37. The van der Waals surface area contributed by atoms with Crippen LogP contribution in [0.15, 0.2) is 12.7 Å². The summed E-state index contributed by atoms with van der Waals surface area (Å²) in [7, 11) is 0. The lowest BCUT2D eigenvalue weighted by atomic mass is 10.3. The summed E-state index contributed by atoms with van der Waals surface area (Å²) >= 11 is 0. The fourth-order valence-corrected chi connectivity index (χ4v) is 0.498. The molecule has 0 aromatic heterocycles. The van der Waals surface area contributed by atoms with Gasteiger partial charge in [-0.2, -0.15) is 0 Å². The van der Waals surface area contributed by atoms with E-state index in [-0.39, 0.29) is 5.78 Å². The number of carbonyl (C=O) groups is 1. The Morgan fingerprint density at radius 2 is 2.44 bits per heavy atom. The highest BCUT2D eigenvalue weighted by Crippen LogP contribution is 1.80. The van der Waals surface area contributed by atoms with Gasteiger partial charge in [0.1, 0.15) is 5.78 Å². The SMILES string of the molecule is C=CCC(=O)CNCC. The summed E-state index contributed by atoms with van der Waals surface area (Å²) < 4.78 is 0. The van der Waals surface area contributed by atoms with E-state index in [1.807, 2.05) is 6.92 Å². The first-order valence-corrected chi connectivity index (χ1v) is 3.14. The minimum absolute atomic E-state index is 0.201. The van der Waals surface area contributed by atoms with E-state index in [0.29, 0.717) is 13.0 Å². The Hall–Kier alpha value is -0.630. The minimum Gasteiger partial charge on any atom is -0.310 e. The van der Waals surface area contributed by atoms with Crippen LogP contribution in [0.4, 0.5) is 0 Å². The van der Waals surface area contributed by atoms with Gasteiger partial charge in [0.25, 0.3) is 0 Å². The summed E-state index contributed by atoms with van der Waals surface area (Å²) in [5.74, 6) is 0.201. The summed E-state index contributed by atoms with van der Waals surface area (Å²) in [6, 6.07) is 0. The molecular formula is C7H13NO. The average molecular weight is 127 g/mol. The maximum Gasteiger partial charge on any atom is 0.150 e. The van der Waals surface area contributed by atoms with Gasteiger partial charge < -0.3 is 5.32 Å². The molecule has 52 valence electrons. The molecule has 0 aliphatic rings. The van der Waals surface area contributed by atoms with Gasteiger partial charge >= 0.3 is 0 Å². The van der Waals surface area contributed by atoms with Crippen LogP contribution in [-0.4, -0.2) is 18.9 Å². The fourth-order valence-electron chi connectivity index (χ4n) is 0.498. The zero-order chi connectivity index (χ0) is 7.11. The van der Waals surface area contributed by atoms with Gasteiger partial charge in [-0.1, -0.05) is 13.0 Å². The van der Waals surface area contributed by atoms with Crippen molar-refractivity contribution in [3.63, 3.8) is 0 Å². The van der Waals surface area contributed by atoms with Crippen LogP contribution in [0.5, 0.6) is 0 Å². The highest BCUT2D eigenvalue weighted by atomic mass is 16.1. The number of hydrogen-bond acceptors (Lipinski definition) is 2. The highest BCUT2D eigenvalue weighted by molar-refractivity contribution is 5.81. The first-order valence-electron chi connectivity index (χ1n) is 3.14. The van der Waals surface area contributed by atoms with Crippen LogP contribution in [0.1, 0.15) is 13.3 Å². The van der Waals surface area contributed by atoms with Crippen molar-refractivity contribution in [1.82, 2.24) is 5.32 Å². The van der Waals surface area contributed by atoms with Crippen LogP contribution in [0.3, 0.4) is 0 Å². The van der Waals surface area contributed by atoms with Crippen LogP contribution < -0.4 is 5.32 Å². The summed E-state index contributed by atoms with van der Waals surface area (Å²) in [6.07, 6.45) is 2.10. The Morgan fingerprint density at radius 3 is 2.89 bits per heavy atom. The number of rotatable bonds is 5. The molecule has 0 spiro atoms. The van der Waals surface area contributed by atoms with E-state index < -0.39 is 0 Å². The number of allylic oxidation sites excluding steroid dienone is 1. The van der Waals surface area contributed by atoms with Gasteiger partial charge in [0, 0.05) is 6.42 Å². The van der Waals surface area contributed by atoms with E-state index in [2.05, 4.69) is 11.9 Å². The molecule has 2 heteroatoms. The van der Waals surface area contributed by atoms with Crippen molar-refractivity contribution >= 4 is 5.78 Å². The van der Waals surface area contributed by atoms with Gasteiger partial charge in [0.05, 0.1) is 6.54 Å². The number of Topliss-reactive ketones (excluding diaryl/α,β-unsaturated/α-hetero) is 1. The predicted octanol–water partition coefficient (Wildman–Crippen LogP) is 0.741. The summed E-state index contributed by atoms with van der Waals surface area (Å²) in [4.78, 5) is 10.7. The van der Waals surface area contributed by atoms with E-state index in [4.69, 9.17) is 0 Å². The van der Waals surface area contributed by atoms with Crippen molar-refractivity contribution in [3.8, 4) is 0 Å². The van der Waals surface area contributed by atoms with Gasteiger partial charge in [0.15, 0.2) is 0 Å². The summed E-state index contributed by atoms with van der Waals surface area (Å²) in [5.41, 5.74) is 0. The van der Waals surface area contributed by atoms with Crippen molar-refractivity contribution in [2.24, 2.45) is 0 Å². The first-order chi connectivity index (χ1) is 4.31. The molecule has 0 atom stereocenters. The van der Waals surface area contributed by atoms with Gasteiger partial charge in [-0.25, -0.2) is 0 Å². The second-order valence-corrected chi connectivity index (χ2v) is 1.81. The van der Waals surface area contributed by atoms with E-state index >= 15 is 0 Å². The van der Waals surface area contributed by atoms with Crippen molar-refractivity contribution in [2.45, 2.75) is 13.3 Å². The van der Waals surface area contributed by atoms with Crippen molar-refractivity contribution in [2.75, 3.05) is 13.1 Å². The monoisotopic (exact) mass is 127 g/mol. The minimum atomic E-state index is 0.201. The third-order valence-corrected chi connectivity index (χ3v) is 0.944. The molecule has 0 heterocycles. The fraction of sp³-hybridized carbons (Fsp3) is 0.571. The molecule has 0 saturated carbocycles. The van der Waals surface area contributed by atoms with Crippen LogP contribution in [0.25, 0.3) is 0 Å². The van der Waals surface area contributed by atoms with Crippen molar-refractivity contribution in [1.29, 1.82) is 0 Å². The van der Waals surface area contributed by atoms with E-state index in [1.165, 1.54) is 0 Å². The van der Waals surface area contributed by atoms with E-state index in [9.17, 15) is 4.79 Å². The molecule has 9 heavy (non-hydrogen) atoms. The lowest BCUT2D eigenvalue weighted by Gasteiger charge is -1.95. The van der Waals surface area contributed by atoms with Crippen molar-refractivity contribution < 1.29 is 4.79 Å². The normalized spacial score (nSPS) is 9.00. The lowest BCUT2D eigenvalue weighted by Crippen LogP contribution is -2.21. The smallest absolute Gasteiger partial charge is 0.150 e. The van der Waals surface area contributed by atoms with Gasteiger partial charge in [-0.05, 0) is 6.54 Å². The second kappa shape index (κ2) is 5.51. The molecule has 2 nitrogen and oxygen atoms in total. The number of hydrogen-bond donors (Lipinski definition) is 1. The topological polar surface area (TPSA) is 29.1 Å². The van der Waals surface area contributed by atoms with Crippen LogP contribution >= 0.6 is 0 Å². The van der Waals surface area contributed by atoms with E-state index in [0.717, 1.165) is 6.54 Å². The molecule has 0 radical (unpaired) electrons. The van der Waals surface area contributed by atoms with Crippen molar-refractivity contribution in [3.05, 3.63) is 12.7 Å². The zero-order valence-electron chi connectivity index (χ0n) is 5.81. The molecule has 0 aliphatic heterocycles. The molecule has 0 aromatic carbocycles. The Bertz CT molecular complexity index is 99.1. The molecule has 0 fully saturated rings. The molecule has 0 amide bonds. The standard InChI is InChI=1S/C7H13NO/c1-3-5-7(9)6-8-4-2/h3,8H,1,4-6H2,2H3. The molecule has 0 aliphatic carbocycles. The Balaban J connectivity index is 3.16. The zero-order valence-corrected chi connectivity index (χ0v) is 5.81.